The van der Waals surface area contributed by atoms with Crippen molar-refractivity contribution in [1.29, 1.82) is 0 Å². The van der Waals surface area contributed by atoms with Gasteiger partial charge in [0, 0.05) is 0 Å². The molecule has 74 valence electrons. The monoisotopic (exact) mass is 190 g/mol. The Morgan fingerprint density at radius 1 is 1.29 bits per heavy atom. The molecule has 1 atom stereocenters. The van der Waals surface area contributed by atoms with E-state index >= 15 is 0 Å². The highest BCUT2D eigenvalue weighted by molar-refractivity contribution is 5.72. The van der Waals surface area contributed by atoms with Gasteiger partial charge in [0.05, 0.1) is 6.04 Å². The summed E-state index contributed by atoms with van der Waals surface area (Å²) < 4.78 is 5.64. The third-order valence-electron chi connectivity index (χ3n) is 2.44. The molecule has 0 spiro atoms. The molecule has 0 saturated carbocycles. The van der Waals surface area contributed by atoms with Gasteiger partial charge in [-0.15, -0.1) is 0 Å². The van der Waals surface area contributed by atoms with Gasteiger partial charge >= 0.3 is 0 Å². The lowest BCUT2D eigenvalue weighted by Crippen LogP contribution is -2.16. The predicted octanol–water partition coefficient (Wildman–Crippen LogP) is 2.45. The molecule has 1 unspecified atom stereocenters. The van der Waals surface area contributed by atoms with Gasteiger partial charge in [-0.2, -0.15) is 0 Å². The Morgan fingerprint density at radius 3 is 2.64 bits per heavy atom. The lowest BCUT2D eigenvalue weighted by molar-refractivity contribution is 0.274. The molecule has 0 aliphatic heterocycles. The Morgan fingerprint density at radius 2 is 2.00 bits per heavy atom. The van der Waals surface area contributed by atoms with Crippen LogP contribution in [0.1, 0.15) is 18.9 Å². The maximum absolute atomic E-state index is 5.64. The Labute approximate surface area is 83.3 Å². The Bertz CT molecular complexity index is 401. The van der Waals surface area contributed by atoms with Crippen LogP contribution in [0.4, 0.5) is 0 Å². The Hall–Kier alpha value is -1.35. The number of oxazole rings is 1. The zero-order chi connectivity index (χ0) is 10.1. The number of rotatable bonds is 2. The molecular weight excluding hydrogens is 176 g/mol. The number of benzene rings is 1. The minimum absolute atomic E-state index is 0.211. The molecule has 1 heterocycles. The number of fused-ring (bicyclic) bond motifs is 1. The van der Waals surface area contributed by atoms with Gasteiger partial charge in [-0.1, -0.05) is 12.1 Å². The highest BCUT2D eigenvalue weighted by Gasteiger charge is 2.14. The summed E-state index contributed by atoms with van der Waals surface area (Å²) in [4.78, 5) is 6.50. The van der Waals surface area contributed by atoms with Gasteiger partial charge in [-0.25, -0.2) is 4.98 Å². The minimum Gasteiger partial charge on any atom is -0.439 e. The van der Waals surface area contributed by atoms with E-state index in [0.29, 0.717) is 0 Å². The van der Waals surface area contributed by atoms with Crippen LogP contribution < -0.4 is 0 Å². The van der Waals surface area contributed by atoms with Gasteiger partial charge in [0.25, 0.3) is 0 Å². The largest absolute Gasteiger partial charge is 0.439 e. The molecule has 0 bridgehead atoms. The van der Waals surface area contributed by atoms with E-state index in [1.165, 1.54) is 0 Å². The first-order valence-corrected chi connectivity index (χ1v) is 4.70. The summed E-state index contributed by atoms with van der Waals surface area (Å²) in [5, 5.41) is 0. The smallest absolute Gasteiger partial charge is 0.212 e. The number of nitrogens with zero attached hydrogens (tertiary/aromatic N) is 2. The fraction of sp³-hybridized carbons (Fsp3) is 0.364. The van der Waals surface area contributed by atoms with E-state index in [0.717, 1.165) is 17.0 Å². The van der Waals surface area contributed by atoms with Crippen LogP contribution in [-0.4, -0.2) is 24.0 Å². The van der Waals surface area contributed by atoms with Gasteiger partial charge in [0.15, 0.2) is 5.58 Å². The average molecular weight is 190 g/mol. The molecule has 14 heavy (non-hydrogen) atoms. The predicted molar refractivity (Wildman–Crippen MR) is 56.1 cm³/mol. The zero-order valence-corrected chi connectivity index (χ0v) is 8.69. The second kappa shape index (κ2) is 3.42. The molecule has 1 aromatic heterocycles. The fourth-order valence-electron chi connectivity index (χ4n) is 1.29. The summed E-state index contributed by atoms with van der Waals surface area (Å²) in [6.45, 7) is 2.07. The molecule has 0 radical (unpaired) electrons. The average Bonchev–Trinajstić information content (AvgIpc) is 2.59. The second-order valence-electron chi connectivity index (χ2n) is 3.66. The molecule has 0 saturated heterocycles. The molecule has 0 fully saturated rings. The number of para-hydroxylation sites is 2. The zero-order valence-electron chi connectivity index (χ0n) is 8.69. The highest BCUT2D eigenvalue weighted by atomic mass is 16.3. The van der Waals surface area contributed by atoms with Crippen LogP contribution in [-0.2, 0) is 0 Å². The SMILES string of the molecule is CC(c1nc2ccccc2o1)N(C)C. The summed E-state index contributed by atoms with van der Waals surface area (Å²) in [6.07, 6.45) is 0. The first-order valence-electron chi connectivity index (χ1n) is 4.70. The van der Waals surface area contributed by atoms with Crippen LogP contribution in [0.15, 0.2) is 28.7 Å². The van der Waals surface area contributed by atoms with E-state index in [1.54, 1.807) is 0 Å². The molecule has 1 aromatic carbocycles. The van der Waals surface area contributed by atoms with Crippen LogP contribution in [0.3, 0.4) is 0 Å². The van der Waals surface area contributed by atoms with Crippen molar-refractivity contribution in [1.82, 2.24) is 9.88 Å². The third-order valence-corrected chi connectivity index (χ3v) is 2.44. The van der Waals surface area contributed by atoms with Crippen molar-refractivity contribution in [3.63, 3.8) is 0 Å². The summed E-state index contributed by atoms with van der Waals surface area (Å²) in [5.41, 5.74) is 1.78. The van der Waals surface area contributed by atoms with Crippen molar-refractivity contribution >= 4 is 11.1 Å². The quantitative estimate of drug-likeness (QED) is 0.728. The number of aromatic nitrogens is 1. The van der Waals surface area contributed by atoms with Gasteiger partial charge in [-0.3, -0.25) is 4.90 Å². The van der Waals surface area contributed by atoms with Gasteiger partial charge < -0.3 is 4.42 Å². The van der Waals surface area contributed by atoms with Crippen LogP contribution in [0.2, 0.25) is 0 Å². The van der Waals surface area contributed by atoms with Gasteiger partial charge in [0.2, 0.25) is 5.89 Å². The highest BCUT2D eigenvalue weighted by Crippen LogP contribution is 2.21. The topological polar surface area (TPSA) is 29.3 Å². The summed E-state index contributed by atoms with van der Waals surface area (Å²) in [6, 6.07) is 8.04. The van der Waals surface area contributed by atoms with Crippen molar-refractivity contribution < 1.29 is 4.42 Å². The minimum atomic E-state index is 0.211. The van der Waals surface area contributed by atoms with Crippen molar-refractivity contribution in [3.8, 4) is 0 Å². The summed E-state index contributed by atoms with van der Waals surface area (Å²) >= 11 is 0. The molecule has 0 amide bonds. The molecule has 3 heteroatoms. The van der Waals surface area contributed by atoms with Crippen LogP contribution in [0.25, 0.3) is 11.1 Å². The maximum Gasteiger partial charge on any atom is 0.212 e. The fourth-order valence-corrected chi connectivity index (χ4v) is 1.29. The van der Waals surface area contributed by atoms with Crippen molar-refractivity contribution in [2.75, 3.05) is 14.1 Å². The van der Waals surface area contributed by atoms with E-state index in [2.05, 4.69) is 16.8 Å². The molecule has 2 rings (SSSR count). The van der Waals surface area contributed by atoms with Gasteiger partial charge in [-0.05, 0) is 33.2 Å². The normalized spacial score (nSPS) is 13.7. The third kappa shape index (κ3) is 1.51. The van der Waals surface area contributed by atoms with Crippen molar-refractivity contribution in [3.05, 3.63) is 30.2 Å². The van der Waals surface area contributed by atoms with Crippen LogP contribution in [0.5, 0.6) is 0 Å². The molecule has 0 aliphatic carbocycles. The van der Waals surface area contributed by atoms with Crippen LogP contribution >= 0.6 is 0 Å². The Kier molecular flexibility index (Phi) is 2.25. The summed E-state index contributed by atoms with van der Waals surface area (Å²) in [5.74, 6) is 0.774. The molecule has 0 N–H and O–H groups in total. The molecular formula is C11H14N2O. The summed E-state index contributed by atoms with van der Waals surface area (Å²) in [7, 11) is 4.03. The first kappa shape index (κ1) is 9.21. The molecule has 2 aromatic rings. The van der Waals surface area contributed by atoms with E-state index in [4.69, 9.17) is 4.42 Å². The first-order chi connectivity index (χ1) is 6.68. The van der Waals surface area contributed by atoms with E-state index in [9.17, 15) is 0 Å². The number of hydrogen-bond acceptors (Lipinski definition) is 3. The van der Waals surface area contributed by atoms with Crippen LogP contribution in [0, 0.1) is 0 Å². The maximum atomic E-state index is 5.64. The van der Waals surface area contributed by atoms with Crippen molar-refractivity contribution in [2.45, 2.75) is 13.0 Å². The lowest BCUT2D eigenvalue weighted by Gasteiger charge is -2.15. The molecule has 0 aliphatic rings. The molecule has 3 nitrogen and oxygen atoms in total. The van der Waals surface area contributed by atoms with Gasteiger partial charge in [0.1, 0.15) is 5.52 Å². The standard InChI is InChI=1S/C11H14N2O/c1-8(13(2)3)11-12-9-6-4-5-7-10(9)14-11/h4-8H,1-3H3. The van der Waals surface area contributed by atoms with Crippen molar-refractivity contribution in [2.24, 2.45) is 0 Å². The number of hydrogen-bond donors (Lipinski definition) is 0. The Balaban J connectivity index is 2.45. The second-order valence-corrected chi connectivity index (χ2v) is 3.66. The van der Waals surface area contributed by atoms with E-state index in [1.807, 2.05) is 38.4 Å². The van der Waals surface area contributed by atoms with E-state index in [-0.39, 0.29) is 6.04 Å². The van der Waals surface area contributed by atoms with E-state index < -0.39 is 0 Å². The lowest BCUT2D eigenvalue weighted by atomic mass is 10.3.